The Morgan fingerprint density at radius 3 is 2.84 bits per heavy atom. The number of hydrogen-bond acceptors (Lipinski definition) is 5. The molecule has 2 N–H and O–H groups in total. The van der Waals surface area contributed by atoms with Crippen LogP contribution in [0.2, 0.25) is 0 Å². The van der Waals surface area contributed by atoms with Gasteiger partial charge in [0.15, 0.2) is 0 Å². The standard InChI is InChI=1S/C12H14N4O2S/c1-18-9-2-4-10(5-3-9)19-7-12(17)13-6-11-14-8-15-16-11/h2-5,8H,6-7H2,1H3,(H,13,17)(H,14,15,16). The summed E-state index contributed by atoms with van der Waals surface area (Å²) in [4.78, 5) is 16.6. The fourth-order valence-corrected chi connectivity index (χ4v) is 2.10. The van der Waals surface area contributed by atoms with Gasteiger partial charge in [-0.2, -0.15) is 5.10 Å². The second-order valence-corrected chi connectivity index (χ2v) is 4.72. The minimum absolute atomic E-state index is 0.0442. The lowest BCUT2D eigenvalue weighted by Gasteiger charge is -2.04. The van der Waals surface area contributed by atoms with Crippen LogP contribution in [-0.2, 0) is 11.3 Å². The normalized spacial score (nSPS) is 10.2. The van der Waals surface area contributed by atoms with Gasteiger partial charge in [-0.3, -0.25) is 9.89 Å². The maximum atomic E-state index is 11.6. The van der Waals surface area contributed by atoms with Crippen molar-refractivity contribution in [3.63, 3.8) is 0 Å². The minimum Gasteiger partial charge on any atom is -0.497 e. The number of amides is 1. The van der Waals surface area contributed by atoms with Crippen LogP contribution in [0.25, 0.3) is 0 Å². The number of thioether (sulfide) groups is 1. The zero-order valence-corrected chi connectivity index (χ0v) is 11.2. The molecule has 2 rings (SSSR count). The molecule has 1 amide bonds. The number of rotatable bonds is 6. The fourth-order valence-electron chi connectivity index (χ4n) is 1.37. The number of carbonyl (C=O) groups is 1. The molecule has 7 heteroatoms. The third kappa shape index (κ3) is 4.29. The SMILES string of the molecule is COc1ccc(SCC(=O)NCc2ncn[nH]2)cc1. The number of hydrogen-bond donors (Lipinski definition) is 2. The molecule has 0 fully saturated rings. The molecule has 0 saturated heterocycles. The highest BCUT2D eigenvalue weighted by Crippen LogP contribution is 2.20. The van der Waals surface area contributed by atoms with E-state index in [2.05, 4.69) is 20.5 Å². The average molecular weight is 278 g/mol. The van der Waals surface area contributed by atoms with Crippen LogP contribution in [0.15, 0.2) is 35.5 Å². The molecular weight excluding hydrogens is 264 g/mol. The Bertz CT molecular complexity index is 513. The second-order valence-electron chi connectivity index (χ2n) is 3.67. The van der Waals surface area contributed by atoms with E-state index in [0.717, 1.165) is 10.6 Å². The molecule has 2 aromatic rings. The molecule has 0 aliphatic heterocycles. The van der Waals surface area contributed by atoms with Crippen LogP contribution in [0.5, 0.6) is 5.75 Å². The third-order valence-electron chi connectivity index (χ3n) is 2.35. The number of nitrogens with zero attached hydrogens (tertiary/aromatic N) is 2. The molecule has 0 bridgehead atoms. The van der Waals surface area contributed by atoms with Crippen LogP contribution < -0.4 is 10.1 Å². The summed E-state index contributed by atoms with van der Waals surface area (Å²) in [5.41, 5.74) is 0. The smallest absolute Gasteiger partial charge is 0.230 e. The van der Waals surface area contributed by atoms with E-state index in [1.54, 1.807) is 7.11 Å². The van der Waals surface area contributed by atoms with Crippen LogP contribution >= 0.6 is 11.8 Å². The molecule has 0 spiro atoms. The highest BCUT2D eigenvalue weighted by Gasteiger charge is 2.04. The Morgan fingerprint density at radius 1 is 1.42 bits per heavy atom. The maximum absolute atomic E-state index is 11.6. The number of H-pyrrole nitrogens is 1. The van der Waals surface area contributed by atoms with E-state index < -0.39 is 0 Å². The summed E-state index contributed by atoms with van der Waals surface area (Å²) in [5, 5.41) is 9.15. The van der Waals surface area contributed by atoms with E-state index in [1.807, 2.05) is 24.3 Å². The van der Waals surface area contributed by atoms with Gasteiger partial charge in [-0.25, -0.2) is 4.98 Å². The number of methoxy groups -OCH3 is 1. The van der Waals surface area contributed by atoms with Crippen LogP contribution in [0.1, 0.15) is 5.82 Å². The molecule has 6 nitrogen and oxygen atoms in total. The molecule has 1 aromatic heterocycles. The van der Waals surface area contributed by atoms with E-state index in [-0.39, 0.29) is 5.91 Å². The Hall–Kier alpha value is -2.02. The van der Waals surface area contributed by atoms with E-state index in [1.165, 1.54) is 18.1 Å². The quantitative estimate of drug-likeness (QED) is 0.777. The van der Waals surface area contributed by atoms with Gasteiger partial charge in [0.2, 0.25) is 5.91 Å². The van der Waals surface area contributed by atoms with Crippen molar-refractivity contribution in [1.82, 2.24) is 20.5 Å². The van der Waals surface area contributed by atoms with Gasteiger partial charge in [0.25, 0.3) is 0 Å². The summed E-state index contributed by atoms with van der Waals surface area (Å²) in [5.74, 6) is 1.76. The first-order valence-corrected chi connectivity index (χ1v) is 6.64. The highest BCUT2D eigenvalue weighted by molar-refractivity contribution is 8.00. The molecule has 0 aliphatic rings. The van der Waals surface area contributed by atoms with Crippen molar-refractivity contribution in [2.75, 3.05) is 12.9 Å². The van der Waals surface area contributed by atoms with Crippen LogP contribution in [0.4, 0.5) is 0 Å². The van der Waals surface area contributed by atoms with Crippen molar-refractivity contribution in [3.8, 4) is 5.75 Å². The largest absolute Gasteiger partial charge is 0.497 e. The summed E-state index contributed by atoms with van der Waals surface area (Å²) in [7, 11) is 1.62. The van der Waals surface area contributed by atoms with Crippen molar-refractivity contribution in [2.45, 2.75) is 11.4 Å². The number of ether oxygens (including phenoxy) is 1. The van der Waals surface area contributed by atoms with Gasteiger partial charge in [0, 0.05) is 4.90 Å². The van der Waals surface area contributed by atoms with E-state index >= 15 is 0 Å². The number of carbonyl (C=O) groups excluding carboxylic acids is 1. The topological polar surface area (TPSA) is 79.9 Å². The summed E-state index contributed by atoms with van der Waals surface area (Å²) in [6.45, 7) is 0.363. The minimum atomic E-state index is -0.0442. The van der Waals surface area contributed by atoms with Crippen molar-refractivity contribution < 1.29 is 9.53 Å². The molecule has 0 aliphatic carbocycles. The van der Waals surface area contributed by atoms with Crippen molar-refractivity contribution >= 4 is 17.7 Å². The fraction of sp³-hybridized carbons (Fsp3) is 0.250. The summed E-state index contributed by atoms with van der Waals surface area (Å²) in [6.07, 6.45) is 1.41. The summed E-state index contributed by atoms with van der Waals surface area (Å²) in [6, 6.07) is 7.59. The van der Waals surface area contributed by atoms with Crippen LogP contribution in [-0.4, -0.2) is 34.0 Å². The van der Waals surface area contributed by atoms with Crippen molar-refractivity contribution in [3.05, 3.63) is 36.4 Å². The Balaban J connectivity index is 1.73. The highest BCUT2D eigenvalue weighted by atomic mass is 32.2. The Kier molecular flexibility index (Phi) is 4.79. The average Bonchev–Trinajstić information content (AvgIpc) is 2.96. The van der Waals surface area contributed by atoms with E-state index in [9.17, 15) is 4.79 Å². The summed E-state index contributed by atoms with van der Waals surface area (Å²) >= 11 is 1.47. The Morgan fingerprint density at radius 2 is 2.21 bits per heavy atom. The third-order valence-corrected chi connectivity index (χ3v) is 3.36. The predicted octanol–water partition coefficient (Wildman–Crippen LogP) is 1.22. The number of aromatic nitrogens is 3. The van der Waals surface area contributed by atoms with Gasteiger partial charge < -0.3 is 10.1 Å². The molecule has 100 valence electrons. The summed E-state index contributed by atoms with van der Waals surface area (Å²) < 4.78 is 5.07. The zero-order chi connectivity index (χ0) is 13.5. The van der Waals surface area contributed by atoms with Gasteiger partial charge in [-0.15, -0.1) is 11.8 Å². The monoisotopic (exact) mass is 278 g/mol. The molecule has 0 radical (unpaired) electrons. The first-order valence-electron chi connectivity index (χ1n) is 5.65. The van der Waals surface area contributed by atoms with E-state index in [4.69, 9.17) is 4.74 Å². The van der Waals surface area contributed by atoms with Crippen LogP contribution in [0.3, 0.4) is 0 Å². The predicted molar refractivity (Wildman–Crippen MR) is 71.9 cm³/mol. The molecule has 0 saturated carbocycles. The molecular formula is C12H14N4O2S. The number of benzene rings is 1. The molecule has 19 heavy (non-hydrogen) atoms. The van der Waals surface area contributed by atoms with Gasteiger partial charge in [-0.1, -0.05) is 0 Å². The van der Waals surface area contributed by atoms with Crippen molar-refractivity contribution in [1.29, 1.82) is 0 Å². The second kappa shape index (κ2) is 6.79. The van der Waals surface area contributed by atoms with Gasteiger partial charge in [0.05, 0.1) is 19.4 Å². The van der Waals surface area contributed by atoms with E-state index in [0.29, 0.717) is 18.1 Å². The van der Waals surface area contributed by atoms with Gasteiger partial charge in [0.1, 0.15) is 17.9 Å². The molecule has 0 unspecified atom stereocenters. The van der Waals surface area contributed by atoms with Crippen molar-refractivity contribution in [2.24, 2.45) is 0 Å². The molecule has 0 atom stereocenters. The maximum Gasteiger partial charge on any atom is 0.230 e. The number of nitrogens with one attached hydrogen (secondary N) is 2. The number of aromatic amines is 1. The van der Waals surface area contributed by atoms with Gasteiger partial charge in [-0.05, 0) is 24.3 Å². The van der Waals surface area contributed by atoms with Gasteiger partial charge >= 0.3 is 0 Å². The lowest BCUT2D eigenvalue weighted by Crippen LogP contribution is -2.25. The first-order chi connectivity index (χ1) is 9.28. The lowest BCUT2D eigenvalue weighted by molar-refractivity contribution is -0.118. The lowest BCUT2D eigenvalue weighted by atomic mass is 10.3. The first kappa shape index (κ1) is 13.4. The molecule has 1 aromatic carbocycles. The molecule has 1 heterocycles. The Labute approximate surface area is 115 Å². The zero-order valence-electron chi connectivity index (χ0n) is 10.4. The van der Waals surface area contributed by atoms with Crippen LogP contribution in [0, 0.1) is 0 Å².